The number of rotatable bonds is 4. The van der Waals surface area contributed by atoms with Gasteiger partial charge in [-0.15, -0.1) is 0 Å². The molecule has 23 heavy (non-hydrogen) atoms. The lowest BCUT2D eigenvalue weighted by Gasteiger charge is -2.32. The van der Waals surface area contributed by atoms with Gasteiger partial charge in [-0.2, -0.15) is 10.1 Å². The number of likely N-dealkylation sites (N-methyl/N-ethyl adjacent to an activating group) is 1. The van der Waals surface area contributed by atoms with Crippen LogP contribution in [-0.4, -0.2) is 69.0 Å². The lowest BCUT2D eigenvalue weighted by molar-refractivity contribution is 0.153. The number of piperazine rings is 1. The van der Waals surface area contributed by atoms with E-state index in [4.69, 9.17) is 4.52 Å². The van der Waals surface area contributed by atoms with Crippen LogP contribution in [0, 0.1) is 0 Å². The predicted octanol–water partition coefficient (Wildman–Crippen LogP) is 0.410. The molecule has 2 amide bonds. The zero-order valence-corrected chi connectivity index (χ0v) is 13.4. The molecular formula is C14H21N7O2. The molecule has 2 aromatic heterocycles. The number of carbonyl (C=O) groups is 1. The van der Waals surface area contributed by atoms with Crippen LogP contribution in [0.2, 0.25) is 0 Å². The Morgan fingerprint density at radius 2 is 2.13 bits per heavy atom. The average molecular weight is 319 g/mol. The Labute approximate surface area is 134 Å². The lowest BCUT2D eigenvalue weighted by atomic mass is 10.3. The van der Waals surface area contributed by atoms with Gasteiger partial charge in [-0.1, -0.05) is 5.16 Å². The Bertz CT molecular complexity index is 658. The van der Waals surface area contributed by atoms with E-state index in [0.717, 1.165) is 38.3 Å². The molecule has 2 aromatic rings. The zero-order chi connectivity index (χ0) is 16.2. The smallest absolute Gasteiger partial charge is 0.317 e. The maximum absolute atomic E-state index is 12.1. The highest BCUT2D eigenvalue weighted by Crippen LogP contribution is 2.14. The van der Waals surface area contributed by atoms with Crippen molar-refractivity contribution in [2.45, 2.75) is 20.0 Å². The van der Waals surface area contributed by atoms with Crippen LogP contribution >= 0.6 is 0 Å². The second-order valence-corrected chi connectivity index (χ2v) is 5.55. The van der Waals surface area contributed by atoms with Gasteiger partial charge in [-0.25, -0.2) is 4.79 Å². The van der Waals surface area contributed by atoms with Crippen molar-refractivity contribution < 1.29 is 9.32 Å². The second kappa shape index (κ2) is 6.78. The van der Waals surface area contributed by atoms with Gasteiger partial charge in [0.05, 0.1) is 18.3 Å². The lowest BCUT2D eigenvalue weighted by Crippen LogP contribution is -2.50. The summed E-state index contributed by atoms with van der Waals surface area (Å²) in [5, 5.41) is 10.9. The largest absolute Gasteiger partial charge is 0.337 e. The van der Waals surface area contributed by atoms with E-state index >= 15 is 0 Å². The number of urea groups is 1. The molecule has 0 saturated carbocycles. The summed E-state index contributed by atoms with van der Waals surface area (Å²) in [4.78, 5) is 20.4. The molecule has 0 unspecified atom stereocenters. The molecule has 3 heterocycles. The van der Waals surface area contributed by atoms with E-state index in [9.17, 15) is 4.79 Å². The molecular weight excluding hydrogens is 298 g/mol. The van der Waals surface area contributed by atoms with Gasteiger partial charge >= 0.3 is 6.03 Å². The number of amides is 2. The van der Waals surface area contributed by atoms with Gasteiger partial charge in [0.25, 0.3) is 0 Å². The van der Waals surface area contributed by atoms with Crippen molar-refractivity contribution in [1.29, 1.82) is 0 Å². The molecule has 0 radical (unpaired) electrons. The van der Waals surface area contributed by atoms with Crippen molar-refractivity contribution in [2.24, 2.45) is 0 Å². The third-order valence-corrected chi connectivity index (χ3v) is 3.86. The van der Waals surface area contributed by atoms with Crippen LogP contribution in [0.4, 0.5) is 4.79 Å². The molecule has 1 aliphatic heterocycles. The fourth-order valence-corrected chi connectivity index (χ4v) is 2.37. The Balaban J connectivity index is 1.54. The molecule has 1 aliphatic rings. The van der Waals surface area contributed by atoms with Crippen molar-refractivity contribution in [3.05, 3.63) is 18.3 Å². The number of hydrogen-bond donors (Lipinski definition) is 1. The van der Waals surface area contributed by atoms with Gasteiger partial charge in [0.15, 0.2) is 0 Å². The van der Waals surface area contributed by atoms with E-state index < -0.39 is 0 Å². The Kier molecular flexibility index (Phi) is 4.56. The monoisotopic (exact) mass is 319 g/mol. The Morgan fingerprint density at radius 1 is 1.35 bits per heavy atom. The highest BCUT2D eigenvalue weighted by atomic mass is 16.5. The van der Waals surface area contributed by atoms with Crippen LogP contribution in [0.3, 0.4) is 0 Å². The maximum atomic E-state index is 12.1. The quantitative estimate of drug-likeness (QED) is 0.877. The van der Waals surface area contributed by atoms with Gasteiger partial charge < -0.3 is 19.6 Å². The van der Waals surface area contributed by atoms with Crippen molar-refractivity contribution >= 4 is 6.03 Å². The van der Waals surface area contributed by atoms with Crippen LogP contribution in [0.5, 0.6) is 0 Å². The van der Waals surface area contributed by atoms with Gasteiger partial charge in [-0.05, 0) is 14.0 Å². The number of carbonyl (C=O) groups excluding carboxylic acids is 1. The summed E-state index contributed by atoms with van der Waals surface area (Å²) < 4.78 is 6.97. The standard InChI is InChI=1S/C14H21N7O2/c1-3-21-10-11(8-16-21)13-17-12(23-18-13)9-15-14(22)20-6-4-19(2)5-7-20/h8,10H,3-7,9H2,1-2H3,(H,15,22). The molecule has 1 N–H and O–H groups in total. The molecule has 1 fully saturated rings. The van der Waals surface area contributed by atoms with Crippen LogP contribution in [0.15, 0.2) is 16.9 Å². The first-order valence-electron chi connectivity index (χ1n) is 7.72. The highest BCUT2D eigenvalue weighted by Gasteiger charge is 2.19. The SMILES string of the molecule is CCn1cc(-c2noc(CNC(=O)N3CCN(C)CC3)n2)cn1. The van der Waals surface area contributed by atoms with E-state index in [2.05, 4.69) is 32.5 Å². The van der Waals surface area contributed by atoms with Crippen LogP contribution < -0.4 is 5.32 Å². The van der Waals surface area contributed by atoms with Gasteiger partial charge in [0.1, 0.15) is 0 Å². The van der Waals surface area contributed by atoms with Crippen LogP contribution in [0.25, 0.3) is 11.4 Å². The van der Waals surface area contributed by atoms with Crippen molar-refractivity contribution in [3.8, 4) is 11.4 Å². The van der Waals surface area contributed by atoms with Crippen LogP contribution in [0.1, 0.15) is 12.8 Å². The summed E-state index contributed by atoms with van der Waals surface area (Å²) in [5.41, 5.74) is 0.798. The molecule has 9 nitrogen and oxygen atoms in total. The fraction of sp³-hybridized carbons (Fsp3) is 0.571. The third-order valence-electron chi connectivity index (χ3n) is 3.86. The number of aromatic nitrogens is 4. The van der Waals surface area contributed by atoms with E-state index in [1.807, 2.05) is 13.1 Å². The molecule has 3 rings (SSSR count). The summed E-state index contributed by atoms with van der Waals surface area (Å²) in [6.45, 7) is 6.25. The van der Waals surface area contributed by atoms with E-state index in [0.29, 0.717) is 11.7 Å². The fourth-order valence-electron chi connectivity index (χ4n) is 2.37. The normalized spacial score (nSPS) is 15.8. The summed E-state index contributed by atoms with van der Waals surface area (Å²) in [5.74, 6) is 0.861. The van der Waals surface area contributed by atoms with Gasteiger partial charge in [-0.3, -0.25) is 4.68 Å². The third kappa shape index (κ3) is 3.67. The van der Waals surface area contributed by atoms with E-state index in [1.165, 1.54) is 0 Å². The molecule has 0 atom stereocenters. The van der Waals surface area contributed by atoms with Crippen molar-refractivity contribution in [1.82, 2.24) is 35.0 Å². The predicted molar refractivity (Wildman–Crippen MR) is 82.5 cm³/mol. The molecule has 0 bridgehead atoms. The van der Waals surface area contributed by atoms with Crippen LogP contribution in [-0.2, 0) is 13.1 Å². The molecule has 0 aromatic carbocycles. The summed E-state index contributed by atoms with van der Waals surface area (Å²) in [7, 11) is 2.05. The first kappa shape index (κ1) is 15.5. The van der Waals surface area contributed by atoms with Crippen molar-refractivity contribution in [2.75, 3.05) is 33.2 Å². The number of aryl methyl sites for hydroxylation is 1. The number of nitrogens with one attached hydrogen (secondary N) is 1. The minimum absolute atomic E-state index is 0.100. The highest BCUT2D eigenvalue weighted by molar-refractivity contribution is 5.74. The first-order valence-corrected chi connectivity index (χ1v) is 7.72. The minimum atomic E-state index is -0.100. The topological polar surface area (TPSA) is 92.3 Å². The average Bonchev–Trinajstić information content (AvgIpc) is 3.22. The molecule has 9 heteroatoms. The Hall–Kier alpha value is -2.42. The number of hydrogen-bond acceptors (Lipinski definition) is 6. The maximum Gasteiger partial charge on any atom is 0.317 e. The van der Waals surface area contributed by atoms with E-state index in [1.54, 1.807) is 15.8 Å². The molecule has 0 aliphatic carbocycles. The summed E-state index contributed by atoms with van der Waals surface area (Å²) in [6, 6.07) is -0.100. The molecule has 0 spiro atoms. The Morgan fingerprint density at radius 3 is 2.83 bits per heavy atom. The molecule has 1 saturated heterocycles. The number of nitrogens with zero attached hydrogens (tertiary/aromatic N) is 6. The second-order valence-electron chi connectivity index (χ2n) is 5.55. The van der Waals surface area contributed by atoms with Gasteiger partial charge in [0.2, 0.25) is 11.7 Å². The zero-order valence-electron chi connectivity index (χ0n) is 13.4. The van der Waals surface area contributed by atoms with Gasteiger partial charge in [0, 0.05) is 38.9 Å². The minimum Gasteiger partial charge on any atom is -0.337 e. The van der Waals surface area contributed by atoms with Crippen molar-refractivity contribution in [3.63, 3.8) is 0 Å². The summed E-state index contributed by atoms with van der Waals surface area (Å²) >= 11 is 0. The summed E-state index contributed by atoms with van der Waals surface area (Å²) in [6.07, 6.45) is 3.55. The first-order chi connectivity index (χ1) is 11.2. The molecule has 124 valence electrons. The van der Waals surface area contributed by atoms with E-state index in [-0.39, 0.29) is 12.6 Å².